The van der Waals surface area contributed by atoms with Gasteiger partial charge in [-0.05, 0) is 43.4 Å². The largest absolute Gasteiger partial charge is 0.322 e. The molecule has 2 N–H and O–H groups in total. The number of amides is 1. The van der Waals surface area contributed by atoms with E-state index < -0.39 is 15.9 Å². The van der Waals surface area contributed by atoms with Gasteiger partial charge in [0.2, 0.25) is 10.0 Å². The van der Waals surface area contributed by atoms with Crippen LogP contribution in [0.15, 0.2) is 53.4 Å². The summed E-state index contributed by atoms with van der Waals surface area (Å²) in [5.74, 6) is -0.412. The monoisotopic (exact) mass is 324 g/mol. The van der Waals surface area contributed by atoms with Gasteiger partial charge in [-0.2, -0.15) is 0 Å². The number of carbonyl (C=O) groups excluding carboxylic acids is 1. The Kier molecular flexibility index (Phi) is 4.62. The Balaban J connectivity index is 2.26. The van der Waals surface area contributed by atoms with Gasteiger partial charge >= 0.3 is 0 Å². The second kappa shape index (κ2) is 6.26. The van der Waals surface area contributed by atoms with Crippen LogP contribution in [-0.2, 0) is 10.0 Å². The van der Waals surface area contributed by atoms with Gasteiger partial charge in [-0.15, -0.1) is 0 Å². The lowest BCUT2D eigenvalue weighted by Gasteiger charge is -2.07. The summed E-state index contributed by atoms with van der Waals surface area (Å²) in [4.78, 5) is 12.2. The zero-order valence-electron chi connectivity index (χ0n) is 11.1. The molecule has 0 radical (unpaired) electrons. The third-order valence-corrected chi connectivity index (χ3v) is 4.40. The van der Waals surface area contributed by atoms with Crippen LogP contribution in [0.25, 0.3) is 0 Å². The molecule has 0 aliphatic rings. The van der Waals surface area contributed by atoms with E-state index in [4.69, 9.17) is 11.6 Å². The highest BCUT2D eigenvalue weighted by Crippen LogP contribution is 2.17. The summed E-state index contributed by atoms with van der Waals surface area (Å²) in [6.07, 6.45) is 0. The minimum Gasteiger partial charge on any atom is -0.322 e. The third-order valence-electron chi connectivity index (χ3n) is 2.76. The van der Waals surface area contributed by atoms with Crippen molar-refractivity contribution in [2.45, 2.75) is 4.90 Å². The van der Waals surface area contributed by atoms with Crippen molar-refractivity contribution < 1.29 is 13.2 Å². The van der Waals surface area contributed by atoms with Crippen LogP contribution >= 0.6 is 11.6 Å². The molecule has 0 heterocycles. The summed E-state index contributed by atoms with van der Waals surface area (Å²) in [7, 11) is -2.27. The first-order valence-electron chi connectivity index (χ1n) is 6.03. The fourth-order valence-electron chi connectivity index (χ4n) is 1.69. The highest BCUT2D eigenvalue weighted by Gasteiger charge is 2.14. The molecule has 0 saturated heterocycles. The van der Waals surface area contributed by atoms with Crippen molar-refractivity contribution in [1.82, 2.24) is 4.72 Å². The maximum Gasteiger partial charge on any atom is 0.255 e. The van der Waals surface area contributed by atoms with Crippen LogP contribution in [-0.4, -0.2) is 21.4 Å². The molecule has 21 heavy (non-hydrogen) atoms. The predicted octanol–water partition coefficient (Wildman–Crippen LogP) is 2.50. The molecule has 0 saturated carbocycles. The molecule has 7 heteroatoms. The van der Waals surface area contributed by atoms with E-state index in [-0.39, 0.29) is 10.5 Å². The molecule has 2 rings (SSSR count). The van der Waals surface area contributed by atoms with Crippen LogP contribution in [0.1, 0.15) is 10.4 Å². The maximum absolute atomic E-state index is 12.1. The lowest BCUT2D eigenvalue weighted by molar-refractivity contribution is 0.102. The van der Waals surface area contributed by atoms with Crippen LogP contribution in [0.5, 0.6) is 0 Å². The molecule has 0 aromatic heterocycles. The molecule has 2 aromatic carbocycles. The van der Waals surface area contributed by atoms with Gasteiger partial charge in [0.25, 0.3) is 5.91 Å². The highest BCUT2D eigenvalue weighted by atomic mass is 35.5. The van der Waals surface area contributed by atoms with Crippen molar-refractivity contribution in [1.29, 1.82) is 0 Å². The van der Waals surface area contributed by atoms with E-state index in [2.05, 4.69) is 10.0 Å². The van der Waals surface area contributed by atoms with Crippen molar-refractivity contribution in [2.24, 2.45) is 0 Å². The van der Waals surface area contributed by atoms with Gasteiger partial charge < -0.3 is 5.32 Å². The Labute approximate surface area is 128 Å². The number of carbonyl (C=O) groups is 1. The van der Waals surface area contributed by atoms with Crippen molar-refractivity contribution in [3.05, 3.63) is 59.1 Å². The van der Waals surface area contributed by atoms with E-state index in [0.717, 1.165) is 0 Å². The summed E-state index contributed by atoms with van der Waals surface area (Å²) in [5.41, 5.74) is 0.778. The average molecular weight is 325 g/mol. The van der Waals surface area contributed by atoms with Gasteiger partial charge in [-0.25, -0.2) is 13.1 Å². The van der Waals surface area contributed by atoms with Crippen molar-refractivity contribution >= 4 is 33.2 Å². The zero-order valence-corrected chi connectivity index (χ0v) is 12.7. The van der Waals surface area contributed by atoms with Gasteiger partial charge in [-0.1, -0.05) is 23.7 Å². The molecule has 0 aliphatic heterocycles. The SMILES string of the molecule is CNS(=O)(=O)c1cccc(C(=O)Nc2cccc(Cl)c2)c1. The summed E-state index contributed by atoms with van der Waals surface area (Å²) >= 11 is 5.84. The molecule has 2 aromatic rings. The van der Waals surface area contributed by atoms with E-state index in [1.807, 2.05) is 0 Å². The van der Waals surface area contributed by atoms with Crippen LogP contribution in [0.2, 0.25) is 5.02 Å². The Bertz CT molecular complexity index is 775. The topological polar surface area (TPSA) is 75.3 Å². The first-order valence-corrected chi connectivity index (χ1v) is 7.89. The van der Waals surface area contributed by atoms with Gasteiger partial charge in [0.15, 0.2) is 0 Å². The van der Waals surface area contributed by atoms with E-state index in [0.29, 0.717) is 10.7 Å². The fraction of sp³-hybridized carbons (Fsp3) is 0.0714. The Morgan fingerprint density at radius 2 is 1.81 bits per heavy atom. The zero-order chi connectivity index (χ0) is 15.5. The molecular weight excluding hydrogens is 312 g/mol. The van der Waals surface area contributed by atoms with Crippen LogP contribution < -0.4 is 10.0 Å². The van der Waals surface area contributed by atoms with Crippen LogP contribution in [0, 0.1) is 0 Å². The van der Waals surface area contributed by atoms with Crippen LogP contribution in [0.4, 0.5) is 5.69 Å². The van der Waals surface area contributed by atoms with E-state index in [1.54, 1.807) is 24.3 Å². The second-order valence-corrected chi connectivity index (χ2v) is 6.52. The van der Waals surface area contributed by atoms with Crippen molar-refractivity contribution in [2.75, 3.05) is 12.4 Å². The lowest BCUT2D eigenvalue weighted by Crippen LogP contribution is -2.19. The molecule has 5 nitrogen and oxygen atoms in total. The number of nitrogens with one attached hydrogen (secondary N) is 2. The smallest absolute Gasteiger partial charge is 0.255 e. The third kappa shape index (κ3) is 3.81. The Hall–Kier alpha value is -1.89. The molecular formula is C14H13ClN2O3S. The first-order chi connectivity index (χ1) is 9.92. The minimum atomic E-state index is -3.58. The van der Waals surface area contributed by atoms with Gasteiger partial charge in [0.1, 0.15) is 0 Å². The molecule has 1 amide bonds. The number of sulfonamides is 1. The quantitative estimate of drug-likeness (QED) is 0.907. The normalized spacial score (nSPS) is 11.1. The maximum atomic E-state index is 12.1. The minimum absolute atomic E-state index is 0.0312. The Morgan fingerprint density at radius 3 is 2.48 bits per heavy atom. The molecule has 0 atom stereocenters. The summed E-state index contributed by atoms with van der Waals surface area (Å²) in [6.45, 7) is 0. The molecule has 0 spiro atoms. The first kappa shape index (κ1) is 15.5. The van der Waals surface area contributed by atoms with Gasteiger partial charge in [0, 0.05) is 16.3 Å². The number of rotatable bonds is 4. The molecule has 0 unspecified atom stereocenters. The van der Waals surface area contributed by atoms with Crippen molar-refractivity contribution in [3.63, 3.8) is 0 Å². The van der Waals surface area contributed by atoms with E-state index in [9.17, 15) is 13.2 Å². The molecule has 0 bridgehead atoms. The average Bonchev–Trinajstić information content (AvgIpc) is 2.47. The second-order valence-electron chi connectivity index (χ2n) is 4.20. The van der Waals surface area contributed by atoms with Crippen LogP contribution in [0.3, 0.4) is 0 Å². The highest BCUT2D eigenvalue weighted by molar-refractivity contribution is 7.89. The molecule has 0 aliphatic carbocycles. The van der Waals surface area contributed by atoms with E-state index >= 15 is 0 Å². The number of halogens is 1. The number of benzene rings is 2. The standard InChI is InChI=1S/C14H13ClN2O3S/c1-16-21(19,20)13-7-2-4-10(8-13)14(18)17-12-6-3-5-11(15)9-12/h2-9,16H,1H3,(H,17,18). The van der Waals surface area contributed by atoms with Gasteiger partial charge in [-0.3, -0.25) is 4.79 Å². The summed E-state index contributed by atoms with van der Waals surface area (Å²) in [5, 5.41) is 3.16. The fourth-order valence-corrected chi connectivity index (χ4v) is 2.66. The summed E-state index contributed by atoms with van der Waals surface area (Å²) < 4.78 is 25.6. The molecule has 0 fully saturated rings. The number of hydrogen-bond acceptors (Lipinski definition) is 3. The number of hydrogen-bond donors (Lipinski definition) is 2. The lowest BCUT2D eigenvalue weighted by atomic mass is 10.2. The number of anilines is 1. The molecule has 110 valence electrons. The Morgan fingerprint density at radius 1 is 1.10 bits per heavy atom. The van der Waals surface area contributed by atoms with E-state index in [1.165, 1.54) is 31.3 Å². The predicted molar refractivity (Wildman–Crippen MR) is 82.1 cm³/mol. The summed E-state index contributed by atoms with van der Waals surface area (Å²) in [6, 6.07) is 12.5. The van der Waals surface area contributed by atoms with Gasteiger partial charge in [0.05, 0.1) is 4.90 Å². The van der Waals surface area contributed by atoms with Crippen molar-refractivity contribution in [3.8, 4) is 0 Å².